The minimum Gasteiger partial charge on any atom is -0.372 e. The molecule has 0 radical (unpaired) electrons. The smallest absolute Gasteiger partial charge is 0.356 e. The first kappa shape index (κ1) is 13.4. The van der Waals surface area contributed by atoms with E-state index in [2.05, 4.69) is 0 Å². The van der Waals surface area contributed by atoms with Crippen LogP contribution in [-0.2, 0) is 18.3 Å². The fraction of sp³-hybridized carbons (Fsp3) is 1.00. The summed E-state index contributed by atoms with van der Waals surface area (Å²) >= 11 is 5.40. The van der Waals surface area contributed by atoms with Crippen molar-refractivity contribution in [3.05, 3.63) is 0 Å². The number of halogens is 1. The van der Waals surface area contributed by atoms with Gasteiger partial charge in [0, 0.05) is 13.0 Å². The molecule has 0 bridgehead atoms. The summed E-state index contributed by atoms with van der Waals surface area (Å²) in [5.74, 6) is 0.295. The van der Waals surface area contributed by atoms with Gasteiger partial charge in [0.1, 0.15) is 6.35 Å². The van der Waals surface area contributed by atoms with Gasteiger partial charge in [-0.15, -0.1) is 11.6 Å². The van der Waals surface area contributed by atoms with Gasteiger partial charge >= 0.3 is 7.60 Å². The molecule has 80 valence electrons. The van der Waals surface area contributed by atoms with Crippen molar-refractivity contribution in [3.63, 3.8) is 0 Å². The molecule has 0 saturated heterocycles. The van der Waals surface area contributed by atoms with Crippen LogP contribution in [-0.4, -0.2) is 32.6 Å². The zero-order valence-electron chi connectivity index (χ0n) is 7.99. The lowest BCUT2D eigenvalue weighted by Crippen LogP contribution is -2.04. The van der Waals surface area contributed by atoms with E-state index in [9.17, 15) is 4.57 Å². The molecule has 0 aliphatic heterocycles. The average molecular weight is 231 g/mol. The molecule has 0 spiro atoms. The molecule has 0 fully saturated rings. The molecule has 0 aliphatic carbocycles. The lowest BCUT2D eigenvalue weighted by Gasteiger charge is -2.16. The maximum absolute atomic E-state index is 11.7. The van der Waals surface area contributed by atoms with Crippen LogP contribution in [0.5, 0.6) is 0 Å². The van der Waals surface area contributed by atoms with Crippen LogP contribution in [0.1, 0.15) is 13.3 Å². The van der Waals surface area contributed by atoms with E-state index in [1.165, 1.54) is 7.11 Å². The second-order valence-corrected chi connectivity index (χ2v) is 4.76. The van der Waals surface area contributed by atoms with Gasteiger partial charge < -0.3 is 13.8 Å². The number of hydrogen-bond donors (Lipinski definition) is 0. The summed E-state index contributed by atoms with van der Waals surface area (Å²) in [5.41, 5.74) is 0. The summed E-state index contributed by atoms with van der Waals surface area (Å²) in [7, 11) is -1.61. The number of methoxy groups -OCH3 is 1. The van der Waals surface area contributed by atoms with E-state index in [1.807, 2.05) is 6.92 Å². The molecule has 13 heavy (non-hydrogen) atoms. The van der Waals surface area contributed by atoms with Crippen molar-refractivity contribution in [1.82, 2.24) is 0 Å². The predicted molar refractivity (Wildman–Crippen MR) is 52.4 cm³/mol. The third-order valence-electron chi connectivity index (χ3n) is 1.14. The molecule has 0 amide bonds. The molecule has 0 aliphatic rings. The molecule has 0 heterocycles. The first-order valence-electron chi connectivity index (χ1n) is 4.11. The van der Waals surface area contributed by atoms with Crippen LogP contribution in [0.15, 0.2) is 0 Å². The normalized spacial score (nSPS) is 15.6. The Morgan fingerprint density at radius 1 is 1.31 bits per heavy atom. The van der Waals surface area contributed by atoms with Gasteiger partial charge in [-0.3, -0.25) is 4.57 Å². The van der Waals surface area contributed by atoms with Crippen LogP contribution in [0.2, 0.25) is 0 Å². The summed E-state index contributed by atoms with van der Waals surface area (Å²) in [6, 6.07) is 0. The van der Waals surface area contributed by atoms with Crippen LogP contribution in [0.3, 0.4) is 0 Å². The molecule has 0 aromatic carbocycles. The molecule has 0 aromatic rings. The van der Waals surface area contributed by atoms with Crippen molar-refractivity contribution in [1.29, 1.82) is 0 Å². The second kappa shape index (κ2) is 7.77. The quantitative estimate of drug-likeness (QED) is 0.475. The van der Waals surface area contributed by atoms with E-state index in [0.29, 0.717) is 12.5 Å². The molecule has 0 rings (SSSR count). The maximum Gasteiger partial charge on any atom is 0.356 e. The largest absolute Gasteiger partial charge is 0.372 e. The summed E-state index contributed by atoms with van der Waals surface area (Å²) in [5, 5.41) is 0. The fourth-order valence-corrected chi connectivity index (χ4v) is 2.23. The predicted octanol–water partition coefficient (Wildman–Crippen LogP) is 2.47. The maximum atomic E-state index is 11.7. The van der Waals surface area contributed by atoms with E-state index in [-0.39, 0.29) is 13.0 Å². The van der Waals surface area contributed by atoms with Crippen molar-refractivity contribution in [2.45, 2.75) is 13.3 Å². The van der Waals surface area contributed by atoms with Gasteiger partial charge in [-0.05, 0) is 6.42 Å². The molecule has 6 heteroatoms. The van der Waals surface area contributed by atoms with Crippen molar-refractivity contribution in [2.75, 3.05) is 32.6 Å². The lowest BCUT2D eigenvalue weighted by molar-refractivity contribution is 0.163. The molecule has 0 aromatic heterocycles. The minimum atomic E-state index is -3.06. The molecule has 0 N–H and O–H groups in total. The Kier molecular flexibility index (Phi) is 8.01. The Labute approximate surface area is 84.0 Å². The van der Waals surface area contributed by atoms with Crippen LogP contribution < -0.4 is 0 Å². The number of hydrogen-bond acceptors (Lipinski definition) is 4. The zero-order chi connectivity index (χ0) is 10.2. The number of ether oxygens (including phenoxy) is 1. The van der Waals surface area contributed by atoms with Gasteiger partial charge in [0.25, 0.3) is 0 Å². The Hall–Kier alpha value is 0.400. The highest BCUT2D eigenvalue weighted by Gasteiger charge is 2.23. The third-order valence-corrected chi connectivity index (χ3v) is 3.03. The van der Waals surface area contributed by atoms with E-state index >= 15 is 0 Å². The summed E-state index contributed by atoms with van der Waals surface area (Å²) in [4.78, 5) is 0. The van der Waals surface area contributed by atoms with Crippen molar-refractivity contribution in [2.24, 2.45) is 0 Å². The first-order chi connectivity index (χ1) is 6.18. The zero-order valence-corrected chi connectivity index (χ0v) is 9.64. The van der Waals surface area contributed by atoms with Gasteiger partial charge in [0.15, 0.2) is 0 Å². The van der Waals surface area contributed by atoms with E-state index < -0.39 is 7.60 Å². The van der Waals surface area contributed by atoms with E-state index in [1.54, 1.807) is 0 Å². The summed E-state index contributed by atoms with van der Waals surface area (Å²) in [6.07, 6.45) is 0.766. The first-order valence-corrected chi connectivity index (χ1v) is 6.38. The Morgan fingerprint density at radius 3 is 2.38 bits per heavy atom. The van der Waals surface area contributed by atoms with Crippen LogP contribution in [0.25, 0.3) is 0 Å². The SMILES string of the molecule is CCCOP(=O)(COC)OCCCl. The highest BCUT2D eigenvalue weighted by atomic mass is 35.5. The van der Waals surface area contributed by atoms with Gasteiger partial charge in [-0.25, -0.2) is 0 Å². The Balaban J connectivity index is 3.92. The van der Waals surface area contributed by atoms with Gasteiger partial charge in [0.2, 0.25) is 0 Å². The topological polar surface area (TPSA) is 44.8 Å². The molecule has 0 saturated carbocycles. The number of alkyl halides is 1. The molecular formula is C7H16ClO4P. The highest BCUT2D eigenvalue weighted by Crippen LogP contribution is 2.47. The molecule has 1 atom stereocenters. The highest BCUT2D eigenvalue weighted by molar-refractivity contribution is 7.53. The van der Waals surface area contributed by atoms with Crippen LogP contribution >= 0.6 is 19.2 Å². The Bertz CT molecular complexity index is 153. The van der Waals surface area contributed by atoms with Crippen molar-refractivity contribution in [3.8, 4) is 0 Å². The van der Waals surface area contributed by atoms with Crippen LogP contribution in [0, 0.1) is 0 Å². The second-order valence-electron chi connectivity index (χ2n) is 2.38. The molecule has 4 nitrogen and oxygen atoms in total. The van der Waals surface area contributed by atoms with Crippen molar-refractivity contribution < 1.29 is 18.3 Å². The van der Waals surface area contributed by atoms with Crippen molar-refractivity contribution >= 4 is 19.2 Å². The van der Waals surface area contributed by atoms with E-state index in [4.69, 9.17) is 25.4 Å². The van der Waals surface area contributed by atoms with Gasteiger partial charge in [0.05, 0.1) is 13.2 Å². The standard InChI is InChI=1S/C7H16ClO4P/c1-3-5-11-13(9,7-10-2)12-6-4-8/h3-7H2,1-2H3. The van der Waals surface area contributed by atoms with E-state index in [0.717, 1.165) is 6.42 Å². The van der Waals surface area contributed by atoms with Crippen LogP contribution in [0.4, 0.5) is 0 Å². The minimum absolute atomic E-state index is 0.0239. The summed E-state index contributed by atoms with van der Waals surface area (Å²) < 4.78 is 26.5. The third kappa shape index (κ3) is 6.47. The monoisotopic (exact) mass is 230 g/mol. The fourth-order valence-electron chi connectivity index (χ4n) is 0.674. The molecular weight excluding hydrogens is 214 g/mol. The average Bonchev–Trinajstić information content (AvgIpc) is 2.12. The number of rotatable bonds is 8. The van der Waals surface area contributed by atoms with Gasteiger partial charge in [-0.1, -0.05) is 6.92 Å². The summed E-state index contributed by atoms with van der Waals surface area (Å²) in [6.45, 7) is 2.55. The Morgan fingerprint density at radius 2 is 1.92 bits per heavy atom. The van der Waals surface area contributed by atoms with Gasteiger partial charge in [-0.2, -0.15) is 0 Å². The molecule has 1 unspecified atom stereocenters. The lowest BCUT2D eigenvalue weighted by atomic mass is 10.5.